The fraction of sp³-hybridized carbons (Fsp3) is 0.588. The van der Waals surface area contributed by atoms with Gasteiger partial charge in [0.25, 0.3) is 5.91 Å². The highest BCUT2D eigenvalue weighted by molar-refractivity contribution is 8.00. The lowest BCUT2D eigenvalue weighted by atomic mass is 10.0. The van der Waals surface area contributed by atoms with Gasteiger partial charge in [-0.25, -0.2) is 4.98 Å². The predicted octanol–water partition coefficient (Wildman–Crippen LogP) is 1.83. The van der Waals surface area contributed by atoms with Crippen molar-refractivity contribution in [2.24, 2.45) is 5.73 Å². The molecule has 0 unspecified atom stereocenters. The molecule has 1 aliphatic rings. The summed E-state index contributed by atoms with van der Waals surface area (Å²) in [6.07, 6.45) is 0.0664. The Morgan fingerprint density at radius 3 is 2.33 bits per heavy atom. The number of rotatable bonds is 4. The first kappa shape index (κ1) is 18.7. The summed E-state index contributed by atoms with van der Waals surface area (Å²) in [4.78, 5) is 30.6. The molecule has 0 saturated carbocycles. The van der Waals surface area contributed by atoms with E-state index in [0.29, 0.717) is 23.7 Å². The van der Waals surface area contributed by atoms with Crippen LogP contribution in [0.1, 0.15) is 41.0 Å². The Morgan fingerprint density at radius 1 is 1.21 bits per heavy atom. The van der Waals surface area contributed by atoms with Gasteiger partial charge in [-0.05, 0) is 45.7 Å². The Balaban J connectivity index is 2.14. The van der Waals surface area contributed by atoms with Gasteiger partial charge in [-0.2, -0.15) is 0 Å². The van der Waals surface area contributed by atoms with E-state index in [1.165, 1.54) is 11.8 Å². The van der Waals surface area contributed by atoms with Crippen molar-refractivity contribution < 1.29 is 14.3 Å². The van der Waals surface area contributed by atoms with Crippen molar-refractivity contribution in [2.45, 2.75) is 51.9 Å². The van der Waals surface area contributed by atoms with E-state index in [-0.39, 0.29) is 23.9 Å². The van der Waals surface area contributed by atoms with Crippen LogP contribution in [-0.4, -0.2) is 52.7 Å². The second-order valence-electron chi connectivity index (χ2n) is 6.34. The number of amides is 2. The average molecular weight is 351 g/mol. The Kier molecular flexibility index (Phi) is 5.87. The highest BCUT2D eigenvalue weighted by atomic mass is 32.2. The maximum Gasteiger partial charge on any atom is 0.251 e. The molecule has 0 spiro atoms. The van der Waals surface area contributed by atoms with E-state index in [9.17, 15) is 9.59 Å². The monoisotopic (exact) mass is 351 g/mol. The van der Waals surface area contributed by atoms with E-state index in [4.69, 9.17) is 10.5 Å². The second-order valence-corrected chi connectivity index (χ2v) is 7.30. The summed E-state index contributed by atoms with van der Waals surface area (Å²) >= 11 is 1.27. The van der Waals surface area contributed by atoms with Crippen LogP contribution in [0.3, 0.4) is 0 Å². The van der Waals surface area contributed by atoms with Crippen molar-refractivity contribution >= 4 is 23.6 Å². The topological polar surface area (TPSA) is 85.5 Å². The number of thioether (sulfide) groups is 1. The highest BCUT2D eigenvalue weighted by Crippen LogP contribution is 2.27. The first-order valence-electron chi connectivity index (χ1n) is 8.04. The second kappa shape index (κ2) is 7.53. The van der Waals surface area contributed by atoms with Crippen LogP contribution in [0.25, 0.3) is 0 Å². The molecule has 1 aromatic rings. The third-order valence-corrected chi connectivity index (χ3v) is 5.27. The Morgan fingerprint density at radius 2 is 1.79 bits per heavy atom. The van der Waals surface area contributed by atoms with Gasteiger partial charge in [0.15, 0.2) is 0 Å². The van der Waals surface area contributed by atoms with E-state index in [0.717, 1.165) is 16.8 Å². The van der Waals surface area contributed by atoms with Crippen LogP contribution < -0.4 is 5.73 Å². The van der Waals surface area contributed by atoms with Crippen LogP contribution in [0.2, 0.25) is 0 Å². The summed E-state index contributed by atoms with van der Waals surface area (Å²) < 4.78 is 5.65. The quantitative estimate of drug-likeness (QED) is 0.837. The number of morpholine rings is 1. The molecule has 1 aliphatic heterocycles. The molecule has 2 atom stereocenters. The standard InChI is InChI=1S/C17H25N3O3S/c1-9-6-20(7-10(2)23-9)14(21)8-24-17-15(16(18)22)12(4)11(3)13(5)19-17/h9-10H,6-8H2,1-5H3,(H2,18,22)/t9-,10-/m1/s1. The molecule has 1 fully saturated rings. The normalized spacial score (nSPS) is 21.0. The highest BCUT2D eigenvalue weighted by Gasteiger charge is 2.26. The molecule has 2 rings (SSSR count). The molecule has 6 nitrogen and oxygen atoms in total. The average Bonchev–Trinajstić information content (AvgIpc) is 2.48. The minimum absolute atomic E-state index is 0.0232. The molecule has 2 amide bonds. The molecular formula is C17H25N3O3S. The number of aryl methyl sites for hydroxylation is 1. The molecule has 0 aromatic carbocycles. The van der Waals surface area contributed by atoms with Crippen molar-refractivity contribution in [2.75, 3.05) is 18.8 Å². The van der Waals surface area contributed by atoms with E-state index in [2.05, 4.69) is 4.98 Å². The van der Waals surface area contributed by atoms with E-state index in [1.54, 1.807) is 0 Å². The lowest BCUT2D eigenvalue weighted by molar-refractivity contribution is -0.140. The van der Waals surface area contributed by atoms with Crippen LogP contribution in [0.15, 0.2) is 5.03 Å². The summed E-state index contributed by atoms with van der Waals surface area (Å²) in [5.41, 5.74) is 8.57. The number of primary amides is 1. The molecule has 0 aliphatic carbocycles. The van der Waals surface area contributed by atoms with Gasteiger partial charge in [0, 0.05) is 18.8 Å². The molecule has 132 valence electrons. The van der Waals surface area contributed by atoms with Crippen molar-refractivity contribution in [1.82, 2.24) is 9.88 Å². The summed E-state index contributed by atoms with van der Waals surface area (Å²) in [5.74, 6) is -0.254. The number of nitrogens with zero attached hydrogens (tertiary/aromatic N) is 2. The van der Waals surface area contributed by atoms with E-state index >= 15 is 0 Å². The Bertz CT molecular complexity index is 653. The number of nitrogens with two attached hydrogens (primary N) is 1. The molecule has 2 N–H and O–H groups in total. The molecule has 0 radical (unpaired) electrons. The number of hydrogen-bond donors (Lipinski definition) is 1. The maximum atomic E-state index is 12.5. The van der Waals surface area contributed by atoms with Crippen LogP contribution in [0, 0.1) is 20.8 Å². The fourth-order valence-electron chi connectivity index (χ4n) is 2.91. The van der Waals surface area contributed by atoms with Gasteiger partial charge in [-0.1, -0.05) is 11.8 Å². The van der Waals surface area contributed by atoms with Gasteiger partial charge in [-0.15, -0.1) is 0 Å². The summed E-state index contributed by atoms with van der Waals surface area (Å²) in [5, 5.41) is 0.533. The number of hydrogen-bond acceptors (Lipinski definition) is 5. The van der Waals surface area contributed by atoms with Crippen LogP contribution >= 0.6 is 11.8 Å². The zero-order valence-electron chi connectivity index (χ0n) is 14.9. The van der Waals surface area contributed by atoms with Gasteiger partial charge in [0.2, 0.25) is 5.91 Å². The number of pyridine rings is 1. The fourth-order valence-corrected chi connectivity index (χ4v) is 3.95. The van der Waals surface area contributed by atoms with Crippen molar-refractivity contribution in [3.63, 3.8) is 0 Å². The SMILES string of the molecule is Cc1nc(SCC(=O)N2C[C@@H](C)O[C@H](C)C2)c(C(N)=O)c(C)c1C. The van der Waals surface area contributed by atoms with Crippen LogP contribution in [0.5, 0.6) is 0 Å². The van der Waals surface area contributed by atoms with Gasteiger partial charge in [-0.3, -0.25) is 9.59 Å². The predicted molar refractivity (Wildman–Crippen MR) is 94.3 cm³/mol. The Hall–Kier alpha value is -1.60. The molecule has 24 heavy (non-hydrogen) atoms. The smallest absolute Gasteiger partial charge is 0.251 e. The zero-order chi connectivity index (χ0) is 18.0. The molecule has 1 aromatic heterocycles. The number of carbonyl (C=O) groups excluding carboxylic acids is 2. The van der Waals surface area contributed by atoms with Gasteiger partial charge in [0.05, 0.1) is 23.5 Å². The van der Waals surface area contributed by atoms with Crippen LogP contribution in [-0.2, 0) is 9.53 Å². The lowest BCUT2D eigenvalue weighted by Crippen LogP contribution is -2.48. The molecule has 0 bridgehead atoms. The van der Waals surface area contributed by atoms with Crippen molar-refractivity contribution in [3.8, 4) is 0 Å². The third-order valence-electron chi connectivity index (χ3n) is 4.31. The third kappa shape index (κ3) is 4.08. The molecule has 1 saturated heterocycles. The summed E-state index contributed by atoms with van der Waals surface area (Å²) in [6.45, 7) is 10.8. The maximum absolute atomic E-state index is 12.5. The van der Waals surface area contributed by atoms with Crippen LogP contribution in [0.4, 0.5) is 0 Å². The molecule has 2 heterocycles. The summed E-state index contributed by atoms with van der Waals surface area (Å²) in [7, 11) is 0. The lowest BCUT2D eigenvalue weighted by Gasteiger charge is -2.35. The molecular weight excluding hydrogens is 326 g/mol. The van der Waals surface area contributed by atoms with E-state index in [1.807, 2.05) is 39.5 Å². The number of ether oxygens (including phenoxy) is 1. The number of carbonyl (C=O) groups is 2. The van der Waals surface area contributed by atoms with E-state index < -0.39 is 5.91 Å². The van der Waals surface area contributed by atoms with Crippen molar-refractivity contribution in [3.05, 3.63) is 22.4 Å². The minimum Gasteiger partial charge on any atom is -0.372 e. The van der Waals surface area contributed by atoms with Gasteiger partial charge >= 0.3 is 0 Å². The summed E-state index contributed by atoms with van der Waals surface area (Å²) in [6, 6.07) is 0. The van der Waals surface area contributed by atoms with Gasteiger partial charge in [0.1, 0.15) is 5.03 Å². The largest absolute Gasteiger partial charge is 0.372 e. The first-order valence-corrected chi connectivity index (χ1v) is 9.02. The zero-order valence-corrected chi connectivity index (χ0v) is 15.7. The first-order chi connectivity index (χ1) is 11.2. The minimum atomic E-state index is -0.508. The van der Waals surface area contributed by atoms with Crippen molar-refractivity contribution in [1.29, 1.82) is 0 Å². The molecule has 7 heteroatoms. The van der Waals surface area contributed by atoms with Gasteiger partial charge < -0.3 is 15.4 Å². The Labute approximate surface area is 147 Å². The number of aromatic nitrogens is 1.